The first-order valence-corrected chi connectivity index (χ1v) is 24.3. The predicted molar refractivity (Wildman–Crippen MR) is 261 cm³/mol. The summed E-state index contributed by atoms with van der Waals surface area (Å²) in [4.78, 5) is 37.1. The molecule has 0 aromatic heterocycles. The first kappa shape index (κ1) is 58.2. The molecule has 62 heavy (non-hydrogen) atoms. The zero-order chi connectivity index (χ0) is 45.6. The van der Waals surface area contributed by atoms with Crippen molar-refractivity contribution in [3.63, 3.8) is 0 Å². The van der Waals surface area contributed by atoms with Crippen LogP contribution in [0.3, 0.4) is 0 Å². The van der Waals surface area contributed by atoms with Crippen LogP contribution in [0.15, 0.2) is 97.2 Å². The third-order valence-electron chi connectivity index (χ3n) is 10.3. The topological polar surface area (TPSA) is 99.1 Å². The molecule has 0 rings (SSSR count). The Morgan fingerprint density at radius 2 is 0.935 bits per heavy atom. The summed E-state index contributed by atoms with van der Waals surface area (Å²) in [7, 11) is 5.51. The molecule has 0 saturated carbocycles. The van der Waals surface area contributed by atoms with Gasteiger partial charge in [-0.2, -0.15) is 0 Å². The Hall–Kier alpha value is -3.75. The summed E-state index contributed by atoms with van der Waals surface area (Å²) < 4.78 is 17.3. The number of esters is 2. The number of carbonyl (C=O) groups is 3. The first-order valence-electron chi connectivity index (χ1n) is 24.3. The van der Waals surface area contributed by atoms with Gasteiger partial charge in [0.2, 0.25) is 0 Å². The van der Waals surface area contributed by atoms with Crippen LogP contribution in [0.1, 0.15) is 174 Å². The molecule has 0 fully saturated rings. The van der Waals surface area contributed by atoms with Gasteiger partial charge in [-0.25, -0.2) is 4.79 Å². The minimum Gasteiger partial charge on any atom is -0.477 e. The molecule has 2 unspecified atom stereocenters. The van der Waals surface area contributed by atoms with Crippen LogP contribution in [0.2, 0.25) is 0 Å². The number of likely N-dealkylation sites (N-methyl/N-ethyl adjacent to an activating group) is 1. The standard InChI is InChI=1S/C54H89NO7/c1-6-8-10-12-14-16-18-20-22-23-24-25-26-27-28-29-31-33-35-37-39-41-43-45-53(57)62-50(48-60-47-46-51(54(58)59)55(3,4)5)49-61-52(56)44-42-40-38-36-34-32-30-21-19-17-15-13-11-9-7-2/h8-11,13-17,19-22,24-25,30,50-51H,6-7,12,18,23,26-29,31-49H2,1-5H3/p+1/b10-8+,11-9+,15-13+,16-14+,19-17+,22-20+,25-24+,30-21+. The molecule has 2 atom stereocenters. The Morgan fingerprint density at radius 1 is 0.500 bits per heavy atom. The molecule has 8 heteroatoms. The van der Waals surface area contributed by atoms with Gasteiger partial charge in [0.15, 0.2) is 12.1 Å². The van der Waals surface area contributed by atoms with Crippen LogP contribution in [-0.2, 0) is 28.6 Å². The quantitative estimate of drug-likeness (QED) is 0.0214. The highest BCUT2D eigenvalue weighted by Gasteiger charge is 2.31. The Labute approximate surface area is 379 Å². The summed E-state index contributed by atoms with van der Waals surface area (Å²) in [5.41, 5.74) is 0. The number of ether oxygens (including phenoxy) is 3. The lowest BCUT2D eigenvalue weighted by Gasteiger charge is -2.31. The summed E-state index contributed by atoms with van der Waals surface area (Å²) in [6.07, 6.45) is 58.8. The Bertz CT molecular complexity index is 1330. The first-order chi connectivity index (χ1) is 30.1. The predicted octanol–water partition coefficient (Wildman–Crippen LogP) is 13.9. The summed E-state index contributed by atoms with van der Waals surface area (Å²) >= 11 is 0. The monoisotopic (exact) mass is 865 g/mol. The average molecular weight is 865 g/mol. The lowest BCUT2D eigenvalue weighted by Crippen LogP contribution is -2.50. The van der Waals surface area contributed by atoms with Crippen molar-refractivity contribution < 1.29 is 38.2 Å². The number of carbonyl (C=O) groups excluding carboxylic acids is 2. The van der Waals surface area contributed by atoms with Crippen molar-refractivity contribution >= 4 is 17.9 Å². The number of carboxylic acid groups (broad SMARTS) is 1. The zero-order valence-electron chi connectivity index (χ0n) is 40.0. The van der Waals surface area contributed by atoms with Crippen molar-refractivity contribution in [2.75, 3.05) is 41.0 Å². The molecule has 0 aliphatic rings. The van der Waals surface area contributed by atoms with Gasteiger partial charge in [0.1, 0.15) is 6.61 Å². The Balaban J connectivity index is 4.30. The van der Waals surface area contributed by atoms with Crippen molar-refractivity contribution in [3.05, 3.63) is 97.2 Å². The van der Waals surface area contributed by atoms with Gasteiger partial charge in [0.05, 0.1) is 34.4 Å². The average Bonchev–Trinajstić information content (AvgIpc) is 3.23. The molecular weight excluding hydrogens is 775 g/mol. The maximum Gasteiger partial charge on any atom is 0.362 e. The van der Waals surface area contributed by atoms with Crippen molar-refractivity contribution in [1.82, 2.24) is 0 Å². The number of carboxylic acids is 1. The molecule has 0 radical (unpaired) electrons. The van der Waals surface area contributed by atoms with Crippen LogP contribution in [0.4, 0.5) is 0 Å². The zero-order valence-corrected chi connectivity index (χ0v) is 40.0. The van der Waals surface area contributed by atoms with Crippen LogP contribution < -0.4 is 0 Å². The molecule has 0 amide bonds. The van der Waals surface area contributed by atoms with E-state index in [4.69, 9.17) is 14.2 Å². The highest BCUT2D eigenvalue weighted by molar-refractivity contribution is 5.72. The number of nitrogens with zero attached hydrogens (tertiary/aromatic N) is 1. The second-order valence-electron chi connectivity index (χ2n) is 17.0. The van der Waals surface area contributed by atoms with E-state index < -0.39 is 18.1 Å². The SMILES string of the molecule is CC/C=C/C=C/C=C/C=C/CCCCCCCC(=O)OCC(COCCC(C(=O)O)[N+](C)(C)C)OC(=O)CCCCCCCCCCCC/C=C/C/C=C/C/C=C/C/C=C/CC. The second-order valence-corrected chi connectivity index (χ2v) is 17.0. The van der Waals surface area contributed by atoms with Crippen LogP contribution in [-0.4, -0.2) is 80.6 Å². The molecule has 0 aliphatic heterocycles. The van der Waals surface area contributed by atoms with Crippen LogP contribution in [0.5, 0.6) is 0 Å². The summed E-state index contributed by atoms with van der Waals surface area (Å²) in [6.45, 7) is 4.45. The molecule has 0 spiro atoms. The normalized spacial score (nSPS) is 13.8. The van der Waals surface area contributed by atoms with Gasteiger partial charge in [-0.1, -0.05) is 182 Å². The van der Waals surface area contributed by atoms with Gasteiger partial charge in [0, 0.05) is 19.3 Å². The number of quaternary nitrogens is 1. The smallest absolute Gasteiger partial charge is 0.362 e. The number of hydrogen-bond acceptors (Lipinski definition) is 6. The summed E-state index contributed by atoms with van der Waals surface area (Å²) in [6, 6.07) is -0.625. The Morgan fingerprint density at radius 3 is 1.45 bits per heavy atom. The van der Waals surface area contributed by atoms with Gasteiger partial charge < -0.3 is 23.8 Å². The lowest BCUT2D eigenvalue weighted by molar-refractivity contribution is -0.887. The third-order valence-corrected chi connectivity index (χ3v) is 10.3. The summed E-state index contributed by atoms with van der Waals surface area (Å²) in [5.74, 6) is -1.51. The van der Waals surface area contributed by atoms with Crippen LogP contribution in [0.25, 0.3) is 0 Å². The number of rotatable bonds is 42. The highest BCUT2D eigenvalue weighted by Crippen LogP contribution is 2.14. The van der Waals surface area contributed by atoms with Gasteiger partial charge in [0.25, 0.3) is 0 Å². The minimum atomic E-state index is -0.883. The molecule has 0 saturated heterocycles. The van der Waals surface area contributed by atoms with Gasteiger partial charge in [-0.3, -0.25) is 9.59 Å². The number of allylic oxidation sites excluding steroid dienone is 16. The fourth-order valence-corrected chi connectivity index (χ4v) is 6.62. The van der Waals surface area contributed by atoms with E-state index in [-0.39, 0.29) is 36.2 Å². The molecule has 352 valence electrons. The highest BCUT2D eigenvalue weighted by atomic mass is 16.6. The molecule has 0 aliphatic carbocycles. The maximum atomic E-state index is 12.8. The fraction of sp³-hybridized carbons (Fsp3) is 0.648. The molecule has 0 bridgehead atoms. The maximum absolute atomic E-state index is 12.8. The van der Waals surface area contributed by atoms with Crippen LogP contribution in [0, 0.1) is 0 Å². The number of aliphatic carboxylic acids is 1. The van der Waals surface area contributed by atoms with E-state index in [1.165, 1.54) is 44.9 Å². The fourth-order valence-electron chi connectivity index (χ4n) is 6.62. The Kier molecular flexibility index (Phi) is 41.2. The largest absolute Gasteiger partial charge is 0.477 e. The molecule has 0 aromatic rings. The van der Waals surface area contributed by atoms with Gasteiger partial charge >= 0.3 is 17.9 Å². The molecular formula is C54H90NO7+. The summed E-state index contributed by atoms with van der Waals surface area (Å²) in [5, 5.41) is 9.64. The number of hydrogen-bond donors (Lipinski definition) is 1. The van der Waals surface area contributed by atoms with E-state index in [2.05, 4.69) is 86.8 Å². The van der Waals surface area contributed by atoms with Crippen molar-refractivity contribution in [1.29, 1.82) is 0 Å². The van der Waals surface area contributed by atoms with Crippen molar-refractivity contribution in [3.8, 4) is 0 Å². The third kappa shape index (κ3) is 41.6. The second kappa shape index (κ2) is 43.9. The molecule has 1 N–H and O–H groups in total. The molecule has 0 aromatic carbocycles. The van der Waals surface area contributed by atoms with E-state index in [0.717, 1.165) is 96.3 Å². The van der Waals surface area contributed by atoms with Crippen molar-refractivity contribution in [2.24, 2.45) is 0 Å². The van der Waals surface area contributed by atoms with E-state index in [0.29, 0.717) is 19.3 Å². The minimum absolute atomic E-state index is 0.0458. The molecule has 8 nitrogen and oxygen atoms in total. The van der Waals surface area contributed by atoms with E-state index in [9.17, 15) is 19.5 Å². The lowest BCUT2D eigenvalue weighted by atomic mass is 10.0. The van der Waals surface area contributed by atoms with E-state index >= 15 is 0 Å². The van der Waals surface area contributed by atoms with Crippen LogP contribution >= 0.6 is 0 Å². The molecule has 0 heterocycles. The van der Waals surface area contributed by atoms with E-state index in [1.807, 2.05) is 45.4 Å². The van der Waals surface area contributed by atoms with Gasteiger partial charge in [-0.05, 0) is 70.6 Å². The van der Waals surface area contributed by atoms with Crippen molar-refractivity contribution in [2.45, 2.75) is 187 Å². The van der Waals surface area contributed by atoms with E-state index in [1.54, 1.807) is 0 Å². The van der Waals surface area contributed by atoms with Gasteiger partial charge in [-0.15, -0.1) is 0 Å². The number of unbranched alkanes of at least 4 members (excludes halogenated alkanes) is 15.